The number of thiazole rings is 1. The van der Waals surface area contributed by atoms with E-state index in [2.05, 4.69) is 24.0 Å². The molecule has 0 bridgehead atoms. The first-order chi connectivity index (χ1) is 11.9. The number of fused-ring (bicyclic) bond motifs is 1. The fourth-order valence-corrected chi connectivity index (χ4v) is 3.74. The highest BCUT2D eigenvalue weighted by Crippen LogP contribution is 2.30. The molecule has 130 valence electrons. The highest BCUT2D eigenvalue weighted by molar-refractivity contribution is 7.22. The maximum atomic E-state index is 13.1. The summed E-state index contributed by atoms with van der Waals surface area (Å²) in [4.78, 5) is 21.7. The van der Waals surface area contributed by atoms with Crippen LogP contribution in [0, 0.1) is 13.8 Å². The van der Waals surface area contributed by atoms with Crippen molar-refractivity contribution in [3.8, 4) is 0 Å². The zero-order valence-electron chi connectivity index (χ0n) is 15.1. The molecule has 3 aromatic rings. The second kappa shape index (κ2) is 7.33. The zero-order valence-corrected chi connectivity index (χ0v) is 15.9. The molecule has 0 aliphatic carbocycles. The molecule has 25 heavy (non-hydrogen) atoms. The summed E-state index contributed by atoms with van der Waals surface area (Å²) in [6.45, 7) is 5.47. The van der Waals surface area contributed by atoms with Crippen LogP contribution in [0.3, 0.4) is 0 Å². The second-order valence-corrected chi connectivity index (χ2v) is 7.61. The minimum absolute atomic E-state index is 0.00123. The Balaban J connectivity index is 1.99. The number of carbonyl (C=O) groups excluding carboxylic acids is 1. The highest BCUT2D eigenvalue weighted by atomic mass is 32.1. The Morgan fingerprint density at radius 2 is 1.80 bits per heavy atom. The summed E-state index contributed by atoms with van der Waals surface area (Å²) in [5.74, 6) is 0.00123. The Bertz CT molecular complexity index is 901. The van der Waals surface area contributed by atoms with Gasteiger partial charge in [0.2, 0.25) is 0 Å². The van der Waals surface area contributed by atoms with Crippen molar-refractivity contribution in [2.24, 2.45) is 0 Å². The van der Waals surface area contributed by atoms with Crippen LogP contribution < -0.4 is 4.90 Å². The van der Waals surface area contributed by atoms with Crippen molar-refractivity contribution in [2.45, 2.75) is 13.8 Å². The number of carbonyl (C=O) groups is 1. The number of aromatic nitrogens is 1. The Hall–Kier alpha value is -2.24. The Kier molecular flexibility index (Phi) is 5.16. The molecule has 0 saturated heterocycles. The number of aryl methyl sites for hydroxylation is 2. The lowest BCUT2D eigenvalue weighted by Gasteiger charge is -2.22. The van der Waals surface area contributed by atoms with Crippen LogP contribution in [0.5, 0.6) is 0 Å². The third-order valence-electron chi connectivity index (χ3n) is 4.04. The molecule has 0 aliphatic rings. The molecular weight excluding hydrogens is 330 g/mol. The van der Waals surface area contributed by atoms with Gasteiger partial charge in [-0.3, -0.25) is 9.69 Å². The average Bonchev–Trinajstić information content (AvgIpc) is 2.97. The summed E-state index contributed by atoms with van der Waals surface area (Å²) < 4.78 is 1.11. The van der Waals surface area contributed by atoms with Gasteiger partial charge >= 0.3 is 0 Å². The smallest absolute Gasteiger partial charge is 0.260 e. The van der Waals surface area contributed by atoms with E-state index >= 15 is 0 Å². The van der Waals surface area contributed by atoms with Crippen LogP contribution >= 0.6 is 11.3 Å². The van der Waals surface area contributed by atoms with Gasteiger partial charge < -0.3 is 4.90 Å². The lowest BCUT2D eigenvalue weighted by atomic mass is 10.1. The molecule has 1 aromatic heterocycles. The lowest BCUT2D eigenvalue weighted by Crippen LogP contribution is -2.36. The van der Waals surface area contributed by atoms with Crippen LogP contribution in [0.2, 0.25) is 0 Å². The second-order valence-electron chi connectivity index (χ2n) is 6.60. The van der Waals surface area contributed by atoms with Crippen LogP contribution in [0.15, 0.2) is 42.5 Å². The number of rotatable bonds is 5. The SMILES string of the molecule is Cc1cccc(C(=O)N(CCN(C)C)c2nc3ccc(C)cc3s2)c1. The highest BCUT2D eigenvalue weighted by Gasteiger charge is 2.21. The lowest BCUT2D eigenvalue weighted by molar-refractivity contribution is 0.0985. The van der Waals surface area contributed by atoms with Gasteiger partial charge in [0, 0.05) is 18.7 Å². The number of nitrogens with zero attached hydrogens (tertiary/aromatic N) is 3. The largest absolute Gasteiger partial charge is 0.308 e. The maximum absolute atomic E-state index is 13.1. The molecular formula is C20H23N3OS. The van der Waals surface area contributed by atoms with Crippen molar-refractivity contribution in [3.05, 3.63) is 59.2 Å². The van der Waals surface area contributed by atoms with Crippen LogP contribution in [0.4, 0.5) is 5.13 Å². The number of hydrogen-bond acceptors (Lipinski definition) is 4. The van der Waals surface area contributed by atoms with E-state index in [4.69, 9.17) is 4.98 Å². The van der Waals surface area contributed by atoms with E-state index in [0.717, 1.165) is 27.5 Å². The number of hydrogen-bond donors (Lipinski definition) is 0. The molecule has 0 atom stereocenters. The maximum Gasteiger partial charge on any atom is 0.260 e. The fraction of sp³-hybridized carbons (Fsp3) is 0.300. The molecule has 3 rings (SSSR count). The Morgan fingerprint density at radius 3 is 2.52 bits per heavy atom. The van der Waals surface area contributed by atoms with Crippen molar-refractivity contribution in [2.75, 3.05) is 32.1 Å². The number of anilines is 1. The summed E-state index contributed by atoms with van der Waals surface area (Å²) in [7, 11) is 4.02. The van der Waals surface area contributed by atoms with Crippen LogP contribution in [-0.2, 0) is 0 Å². The molecule has 0 spiro atoms. The van der Waals surface area contributed by atoms with E-state index < -0.39 is 0 Å². The van der Waals surface area contributed by atoms with Gasteiger partial charge in [-0.05, 0) is 57.8 Å². The molecule has 1 amide bonds. The molecule has 5 heteroatoms. The molecule has 1 heterocycles. The molecule has 0 unspecified atom stereocenters. The van der Waals surface area contributed by atoms with Gasteiger partial charge in [0.15, 0.2) is 5.13 Å². The molecule has 0 fully saturated rings. The van der Waals surface area contributed by atoms with E-state index in [1.54, 1.807) is 16.2 Å². The van der Waals surface area contributed by atoms with Crippen LogP contribution in [0.25, 0.3) is 10.2 Å². The standard InChI is InChI=1S/C20H23N3OS/c1-14-6-5-7-16(12-14)19(24)23(11-10-22(3)4)20-21-17-9-8-15(2)13-18(17)25-20/h5-9,12-13H,10-11H2,1-4H3. The first-order valence-corrected chi connectivity index (χ1v) is 9.16. The zero-order chi connectivity index (χ0) is 18.0. The molecule has 0 aliphatic heterocycles. The van der Waals surface area contributed by atoms with E-state index in [1.165, 1.54) is 5.56 Å². The predicted molar refractivity (Wildman–Crippen MR) is 106 cm³/mol. The van der Waals surface area contributed by atoms with Gasteiger partial charge in [-0.15, -0.1) is 0 Å². The van der Waals surface area contributed by atoms with Crippen molar-refractivity contribution in [3.63, 3.8) is 0 Å². The molecule has 0 N–H and O–H groups in total. The first-order valence-electron chi connectivity index (χ1n) is 8.34. The first kappa shape index (κ1) is 17.6. The Labute approximate surface area is 152 Å². The van der Waals surface area contributed by atoms with Gasteiger partial charge in [0.25, 0.3) is 5.91 Å². The average molecular weight is 353 g/mol. The molecule has 0 radical (unpaired) electrons. The van der Waals surface area contributed by atoms with Crippen molar-refractivity contribution in [1.82, 2.24) is 9.88 Å². The number of benzene rings is 2. The van der Waals surface area contributed by atoms with Crippen LogP contribution in [0.1, 0.15) is 21.5 Å². The summed E-state index contributed by atoms with van der Waals surface area (Å²) in [6, 6.07) is 13.9. The fourth-order valence-electron chi connectivity index (χ4n) is 2.65. The van der Waals surface area contributed by atoms with E-state index in [1.807, 2.05) is 51.4 Å². The minimum Gasteiger partial charge on any atom is -0.308 e. The van der Waals surface area contributed by atoms with Gasteiger partial charge in [-0.2, -0.15) is 0 Å². The molecule has 2 aromatic carbocycles. The van der Waals surface area contributed by atoms with E-state index in [9.17, 15) is 4.79 Å². The normalized spacial score (nSPS) is 11.2. The summed E-state index contributed by atoms with van der Waals surface area (Å²) in [5.41, 5.74) is 3.93. The van der Waals surface area contributed by atoms with Gasteiger partial charge in [-0.1, -0.05) is 35.1 Å². The third kappa shape index (κ3) is 4.06. The minimum atomic E-state index is 0.00123. The summed E-state index contributed by atoms with van der Waals surface area (Å²) in [6.07, 6.45) is 0. The predicted octanol–water partition coefficient (Wildman–Crippen LogP) is 4.12. The monoisotopic (exact) mass is 353 g/mol. The van der Waals surface area contributed by atoms with Crippen LogP contribution in [-0.4, -0.2) is 43.0 Å². The molecule has 4 nitrogen and oxygen atoms in total. The quantitative estimate of drug-likeness (QED) is 0.692. The van der Waals surface area contributed by atoms with Crippen molar-refractivity contribution < 1.29 is 4.79 Å². The van der Waals surface area contributed by atoms with Gasteiger partial charge in [-0.25, -0.2) is 4.98 Å². The van der Waals surface area contributed by atoms with E-state index in [-0.39, 0.29) is 5.91 Å². The van der Waals surface area contributed by atoms with Crippen molar-refractivity contribution >= 4 is 32.6 Å². The van der Waals surface area contributed by atoms with Gasteiger partial charge in [0.05, 0.1) is 10.2 Å². The molecule has 0 saturated carbocycles. The van der Waals surface area contributed by atoms with E-state index in [0.29, 0.717) is 12.1 Å². The summed E-state index contributed by atoms with van der Waals surface area (Å²) >= 11 is 1.57. The Morgan fingerprint density at radius 1 is 1.04 bits per heavy atom. The number of likely N-dealkylation sites (N-methyl/N-ethyl adjacent to an activating group) is 1. The topological polar surface area (TPSA) is 36.4 Å². The van der Waals surface area contributed by atoms with Crippen molar-refractivity contribution in [1.29, 1.82) is 0 Å². The summed E-state index contributed by atoms with van der Waals surface area (Å²) in [5, 5.41) is 0.758. The number of amides is 1. The van der Waals surface area contributed by atoms with Gasteiger partial charge in [0.1, 0.15) is 0 Å². The third-order valence-corrected chi connectivity index (χ3v) is 5.09.